The number of carbonyl (C=O) groups excluding carboxylic acids is 1. The van der Waals surface area contributed by atoms with E-state index in [0.29, 0.717) is 32.1 Å². The van der Waals surface area contributed by atoms with Gasteiger partial charge in [-0.1, -0.05) is 12.1 Å². The number of nitrogens with zero attached hydrogens (tertiary/aromatic N) is 1. The molecule has 29 heavy (non-hydrogen) atoms. The molecule has 1 aromatic rings. The monoisotopic (exact) mass is 408 g/mol. The molecule has 3 N–H and O–H groups in total. The Morgan fingerprint density at radius 2 is 1.79 bits per heavy atom. The third kappa shape index (κ3) is 12.7. The molecule has 1 aromatic carbocycles. The van der Waals surface area contributed by atoms with Crippen LogP contribution in [0.1, 0.15) is 33.3 Å². The van der Waals surface area contributed by atoms with Crippen LogP contribution >= 0.6 is 0 Å². The van der Waals surface area contributed by atoms with E-state index in [0.717, 1.165) is 31.0 Å². The Labute approximate surface area is 174 Å². The first-order chi connectivity index (χ1) is 13.8. The number of rotatable bonds is 11. The molecule has 0 bridgehead atoms. The molecule has 0 radical (unpaired) electrons. The van der Waals surface area contributed by atoms with Crippen molar-refractivity contribution in [3.63, 3.8) is 0 Å². The van der Waals surface area contributed by atoms with Gasteiger partial charge in [0.25, 0.3) is 0 Å². The highest BCUT2D eigenvalue weighted by Gasteiger charge is 2.16. The van der Waals surface area contributed by atoms with Crippen molar-refractivity contribution in [3.05, 3.63) is 29.8 Å². The summed E-state index contributed by atoms with van der Waals surface area (Å²) in [5.74, 6) is 0.769. The number of aliphatic imine (C=N–C) groups is 1. The standard InChI is InChI=1S/C21H36N4O4/c1-6-22-19(24-13-14-28-16-15-27-5)23-12-11-17-7-9-18(10-8-17)25-20(26)29-21(2,3)4/h7-10H,6,11-16H2,1-5H3,(H,25,26)(H2,22,23,24). The highest BCUT2D eigenvalue weighted by atomic mass is 16.6. The maximum Gasteiger partial charge on any atom is 0.412 e. The van der Waals surface area contributed by atoms with E-state index in [1.54, 1.807) is 7.11 Å². The van der Waals surface area contributed by atoms with Gasteiger partial charge in [0.15, 0.2) is 5.96 Å². The Morgan fingerprint density at radius 3 is 2.41 bits per heavy atom. The quantitative estimate of drug-likeness (QED) is 0.296. The molecule has 8 nitrogen and oxygen atoms in total. The molecule has 0 heterocycles. The summed E-state index contributed by atoms with van der Waals surface area (Å²) in [5.41, 5.74) is 1.35. The topological polar surface area (TPSA) is 93.2 Å². The lowest BCUT2D eigenvalue weighted by Crippen LogP contribution is -2.38. The molecule has 1 rings (SSSR count). The van der Waals surface area contributed by atoms with Crippen LogP contribution < -0.4 is 16.0 Å². The van der Waals surface area contributed by atoms with E-state index in [1.807, 2.05) is 52.0 Å². The average Bonchev–Trinajstić information content (AvgIpc) is 2.64. The van der Waals surface area contributed by atoms with Gasteiger partial charge in [-0.15, -0.1) is 0 Å². The molecule has 0 unspecified atom stereocenters. The second-order valence-electron chi connectivity index (χ2n) is 7.37. The molecule has 0 saturated heterocycles. The van der Waals surface area contributed by atoms with E-state index < -0.39 is 11.7 Å². The van der Waals surface area contributed by atoms with Gasteiger partial charge in [0, 0.05) is 25.9 Å². The fraction of sp³-hybridized carbons (Fsp3) is 0.619. The third-order valence-corrected chi connectivity index (χ3v) is 3.59. The van der Waals surface area contributed by atoms with Gasteiger partial charge in [-0.25, -0.2) is 4.79 Å². The van der Waals surface area contributed by atoms with Crippen molar-refractivity contribution in [1.29, 1.82) is 0 Å². The van der Waals surface area contributed by atoms with Gasteiger partial charge in [-0.05, 0) is 51.8 Å². The van der Waals surface area contributed by atoms with Crippen LogP contribution in [-0.2, 0) is 20.6 Å². The van der Waals surface area contributed by atoms with Gasteiger partial charge in [-0.3, -0.25) is 10.3 Å². The summed E-state index contributed by atoms with van der Waals surface area (Å²) in [4.78, 5) is 16.3. The van der Waals surface area contributed by atoms with E-state index in [-0.39, 0.29) is 0 Å². The number of nitrogens with one attached hydrogen (secondary N) is 3. The Kier molecular flexibility index (Phi) is 11.8. The molecule has 0 saturated carbocycles. The third-order valence-electron chi connectivity index (χ3n) is 3.59. The Bertz CT molecular complexity index is 612. The number of ether oxygens (including phenoxy) is 3. The van der Waals surface area contributed by atoms with Crippen LogP contribution in [0.2, 0.25) is 0 Å². The van der Waals surface area contributed by atoms with Gasteiger partial charge in [0.05, 0.1) is 26.4 Å². The lowest BCUT2D eigenvalue weighted by atomic mass is 10.1. The number of carbonyl (C=O) groups is 1. The Hall–Kier alpha value is -2.32. The van der Waals surface area contributed by atoms with Crippen molar-refractivity contribution in [2.24, 2.45) is 4.99 Å². The van der Waals surface area contributed by atoms with Gasteiger partial charge < -0.3 is 24.8 Å². The molecule has 0 aliphatic heterocycles. The number of methoxy groups -OCH3 is 1. The van der Waals surface area contributed by atoms with Crippen LogP contribution in [-0.4, -0.2) is 64.2 Å². The first kappa shape index (κ1) is 24.7. The van der Waals surface area contributed by atoms with Crippen LogP contribution in [0.15, 0.2) is 29.3 Å². The molecule has 1 amide bonds. The summed E-state index contributed by atoms with van der Waals surface area (Å²) in [6, 6.07) is 7.72. The zero-order valence-corrected chi connectivity index (χ0v) is 18.3. The Balaban J connectivity index is 2.38. The minimum absolute atomic E-state index is 0.454. The molecule has 0 aliphatic rings. The largest absolute Gasteiger partial charge is 0.444 e. The van der Waals surface area contributed by atoms with E-state index in [9.17, 15) is 4.79 Å². The molecular formula is C21H36N4O4. The van der Waals surface area contributed by atoms with Crippen LogP contribution in [0.25, 0.3) is 0 Å². The summed E-state index contributed by atoms with van der Waals surface area (Å²) < 4.78 is 15.6. The highest BCUT2D eigenvalue weighted by molar-refractivity contribution is 5.84. The fourth-order valence-corrected chi connectivity index (χ4v) is 2.31. The summed E-state index contributed by atoms with van der Waals surface area (Å²) >= 11 is 0. The van der Waals surface area contributed by atoms with Gasteiger partial charge in [0.1, 0.15) is 5.60 Å². The molecule has 8 heteroatoms. The molecule has 0 spiro atoms. The molecule has 164 valence electrons. The smallest absolute Gasteiger partial charge is 0.412 e. The van der Waals surface area contributed by atoms with Crippen LogP contribution in [0.5, 0.6) is 0 Å². The SMILES string of the molecule is CCNC(=NCCOCCOC)NCCc1ccc(NC(=O)OC(C)(C)C)cc1. The summed E-state index contributed by atoms with van der Waals surface area (Å²) in [6.45, 7) is 11.4. The molecule has 0 fully saturated rings. The van der Waals surface area contributed by atoms with E-state index in [2.05, 4.69) is 20.9 Å². The zero-order valence-electron chi connectivity index (χ0n) is 18.3. The van der Waals surface area contributed by atoms with Crippen LogP contribution in [0, 0.1) is 0 Å². The number of hydrogen-bond acceptors (Lipinski definition) is 5. The van der Waals surface area contributed by atoms with Crippen molar-refractivity contribution >= 4 is 17.7 Å². The number of hydrogen-bond donors (Lipinski definition) is 3. The van der Waals surface area contributed by atoms with E-state index in [4.69, 9.17) is 14.2 Å². The van der Waals surface area contributed by atoms with Gasteiger partial charge >= 0.3 is 6.09 Å². The van der Waals surface area contributed by atoms with E-state index >= 15 is 0 Å². The lowest BCUT2D eigenvalue weighted by Gasteiger charge is -2.19. The normalized spacial score (nSPS) is 11.8. The summed E-state index contributed by atoms with van der Waals surface area (Å²) in [7, 11) is 1.65. The summed E-state index contributed by atoms with van der Waals surface area (Å²) in [6.07, 6.45) is 0.381. The average molecular weight is 409 g/mol. The number of anilines is 1. The second kappa shape index (κ2) is 13.8. The van der Waals surface area contributed by atoms with Crippen molar-refractivity contribution in [3.8, 4) is 0 Å². The number of amides is 1. The second-order valence-corrected chi connectivity index (χ2v) is 7.37. The van der Waals surface area contributed by atoms with Crippen molar-refractivity contribution < 1.29 is 19.0 Å². The number of guanidine groups is 1. The van der Waals surface area contributed by atoms with Crippen LogP contribution in [0.4, 0.5) is 10.5 Å². The molecule has 0 atom stereocenters. The van der Waals surface area contributed by atoms with Crippen molar-refractivity contribution in [1.82, 2.24) is 10.6 Å². The maximum absolute atomic E-state index is 11.8. The highest BCUT2D eigenvalue weighted by Crippen LogP contribution is 2.13. The zero-order chi connectivity index (χ0) is 21.5. The van der Waals surface area contributed by atoms with Gasteiger partial charge in [0.2, 0.25) is 0 Å². The van der Waals surface area contributed by atoms with Gasteiger partial charge in [-0.2, -0.15) is 0 Å². The van der Waals surface area contributed by atoms with Crippen molar-refractivity contribution in [2.45, 2.75) is 39.7 Å². The lowest BCUT2D eigenvalue weighted by molar-refractivity contribution is 0.0636. The number of benzene rings is 1. The summed E-state index contributed by atoms with van der Waals surface area (Å²) in [5, 5.41) is 9.26. The first-order valence-corrected chi connectivity index (χ1v) is 10.0. The fourth-order valence-electron chi connectivity index (χ4n) is 2.31. The molecule has 0 aromatic heterocycles. The predicted octanol–water partition coefficient (Wildman–Crippen LogP) is 2.79. The van der Waals surface area contributed by atoms with Crippen molar-refractivity contribution in [2.75, 3.05) is 51.9 Å². The predicted molar refractivity (Wildman–Crippen MR) is 117 cm³/mol. The van der Waals surface area contributed by atoms with E-state index in [1.165, 1.54) is 0 Å². The minimum Gasteiger partial charge on any atom is -0.444 e. The Morgan fingerprint density at radius 1 is 1.07 bits per heavy atom. The molecule has 0 aliphatic carbocycles. The molecular weight excluding hydrogens is 372 g/mol. The minimum atomic E-state index is -0.516. The first-order valence-electron chi connectivity index (χ1n) is 10.0. The van der Waals surface area contributed by atoms with Crippen LogP contribution in [0.3, 0.4) is 0 Å². The maximum atomic E-state index is 11.8.